The molecule has 2 aromatic rings. The smallest absolute Gasteiger partial charge is 0.408 e. The number of alkyl halides is 3. The van der Waals surface area contributed by atoms with Crippen molar-refractivity contribution < 1.29 is 37.8 Å². The molecule has 2 aromatic heterocycles. The number of amides is 1. The second-order valence-electron chi connectivity index (χ2n) is 6.67. The number of halogens is 3. The molecule has 0 bridgehead atoms. The number of aliphatic imine (C=N–C) groups is 1. The summed E-state index contributed by atoms with van der Waals surface area (Å²) >= 11 is 0. The number of nitrogens with zero attached hydrogens (tertiary/aromatic N) is 5. The van der Waals surface area contributed by atoms with Gasteiger partial charge in [-0.15, -0.1) is 5.10 Å². The molecular weight excluding hydrogens is 489 g/mol. The van der Waals surface area contributed by atoms with Crippen molar-refractivity contribution in [3.8, 4) is 0 Å². The topological polar surface area (TPSA) is 206 Å². The fraction of sp³-hybridized carbons (Fsp3) is 0.300. The zero-order valence-corrected chi connectivity index (χ0v) is 18.6. The number of rotatable bonds is 10. The molecule has 1 amide bonds. The van der Waals surface area contributed by atoms with Crippen LogP contribution in [0.2, 0.25) is 0 Å². The van der Waals surface area contributed by atoms with Crippen LogP contribution in [0.25, 0.3) is 0 Å². The summed E-state index contributed by atoms with van der Waals surface area (Å²) < 4.78 is 36.4. The lowest BCUT2D eigenvalue weighted by molar-refractivity contribution is -0.134. The first-order valence-corrected chi connectivity index (χ1v) is 10.1. The first kappa shape index (κ1) is 29.4. The predicted octanol–water partition coefficient (Wildman–Crippen LogP) is 1.62. The molecule has 0 spiro atoms. The Labute approximate surface area is 202 Å². The minimum absolute atomic E-state index is 0.175. The molecule has 0 radical (unpaired) electrons. The fourth-order valence-electron chi connectivity index (χ4n) is 2.22. The Kier molecular flexibility index (Phi) is 12.5. The number of carbonyl (C=O) groups excluding carboxylic acids is 1. The third kappa shape index (κ3) is 15.3. The van der Waals surface area contributed by atoms with Gasteiger partial charge in [-0.05, 0) is 31.0 Å². The summed E-state index contributed by atoms with van der Waals surface area (Å²) in [5.74, 6) is -1.97. The van der Waals surface area contributed by atoms with Crippen molar-refractivity contribution in [2.75, 3.05) is 17.2 Å². The van der Waals surface area contributed by atoms with Gasteiger partial charge in [-0.3, -0.25) is 4.79 Å². The van der Waals surface area contributed by atoms with E-state index in [9.17, 15) is 27.6 Å². The third-order valence-electron chi connectivity index (χ3n) is 3.65. The fourth-order valence-corrected chi connectivity index (χ4v) is 2.22. The Bertz CT molecular complexity index is 1050. The van der Waals surface area contributed by atoms with Gasteiger partial charge in [0.2, 0.25) is 5.91 Å². The number of nitrogens with two attached hydrogens (primary N) is 1. The molecule has 2 rings (SSSR count). The second-order valence-corrected chi connectivity index (χ2v) is 6.67. The number of carboxylic acids is 2. The van der Waals surface area contributed by atoms with E-state index in [1.165, 1.54) is 18.5 Å². The van der Waals surface area contributed by atoms with Crippen LogP contribution in [0, 0.1) is 0 Å². The van der Waals surface area contributed by atoms with Crippen molar-refractivity contribution >= 4 is 35.4 Å². The van der Waals surface area contributed by atoms with Crippen LogP contribution in [0.1, 0.15) is 25.1 Å². The molecule has 0 atom stereocenters. The molecule has 2 heterocycles. The van der Waals surface area contributed by atoms with Gasteiger partial charge in [0.15, 0.2) is 11.8 Å². The largest absolute Gasteiger partial charge is 0.478 e. The van der Waals surface area contributed by atoms with Crippen LogP contribution in [-0.2, 0) is 20.8 Å². The first-order valence-electron chi connectivity index (χ1n) is 10.1. The van der Waals surface area contributed by atoms with Crippen molar-refractivity contribution in [1.29, 1.82) is 0 Å². The molecule has 36 heavy (non-hydrogen) atoms. The molecule has 16 heteroatoms. The molecule has 0 aliphatic heterocycles. The quantitative estimate of drug-likeness (QED) is 0.134. The van der Waals surface area contributed by atoms with E-state index in [-0.39, 0.29) is 17.7 Å². The highest BCUT2D eigenvalue weighted by Gasteiger charge is 2.26. The molecule has 0 saturated heterocycles. The third-order valence-corrected chi connectivity index (χ3v) is 3.65. The minimum atomic E-state index is -4.43. The van der Waals surface area contributed by atoms with Gasteiger partial charge in [-0.25, -0.2) is 24.5 Å². The number of hydrogen-bond donors (Lipinski definition) is 5. The van der Waals surface area contributed by atoms with E-state index >= 15 is 0 Å². The van der Waals surface area contributed by atoms with Crippen LogP contribution in [0.15, 0.2) is 47.7 Å². The molecule has 0 saturated carbocycles. The highest BCUT2D eigenvalue weighted by molar-refractivity contribution is 5.91. The molecule has 0 unspecified atom stereocenters. The number of guanidine groups is 1. The molecule has 0 fully saturated rings. The van der Waals surface area contributed by atoms with Gasteiger partial charge in [-0.1, -0.05) is 0 Å². The molecule has 13 nitrogen and oxygen atoms in total. The van der Waals surface area contributed by atoms with Crippen molar-refractivity contribution in [3.05, 3.63) is 48.6 Å². The Morgan fingerprint density at radius 2 is 1.72 bits per heavy atom. The molecule has 194 valence electrons. The highest BCUT2D eigenvalue weighted by Crippen LogP contribution is 2.14. The number of anilines is 2. The number of aryl methyl sites for hydroxylation is 1. The summed E-state index contributed by atoms with van der Waals surface area (Å²) in [6, 6.07) is 4.77. The summed E-state index contributed by atoms with van der Waals surface area (Å²) in [6.45, 7) is -1.37. The Hall–Kier alpha value is -4.63. The lowest BCUT2D eigenvalue weighted by Crippen LogP contribution is -2.26. The van der Waals surface area contributed by atoms with Crippen molar-refractivity contribution in [2.24, 2.45) is 10.7 Å². The van der Waals surface area contributed by atoms with Crippen molar-refractivity contribution in [2.45, 2.75) is 31.9 Å². The maximum absolute atomic E-state index is 12.1. The monoisotopic (exact) mass is 512 g/mol. The lowest BCUT2D eigenvalue weighted by atomic mass is 10.2. The van der Waals surface area contributed by atoms with Crippen LogP contribution in [-0.4, -0.2) is 66.9 Å². The van der Waals surface area contributed by atoms with Crippen LogP contribution in [0.5, 0.6) is 0 Å². The van der Waals surface area contributed by atoms with Gasteiger partial charge in [0, 0.05) is 37.4 Å². The normalized spacial score (nSPS) is 11.4. The van der Waals surface area contributed by atoms with Gasteiger partial charge in [0.05, 0.1) is 0 Å². The minimum Gasteiger partial charge on any atom is -0.478 e. The van der Waals surface area contributed by atoms with Crippen LogP contribution >= 0.6 is 0 Å². The van der Waals surface area contributed by atoms with Crippen LogP contribution < -0.4 is 16.4 Å². The number of carboxylic acid groups (broad SMARTS) is 2. The second kappa shape index (κ2) is 15.3. The lowest BCUT2D eigenvalue weighted by Gasteiger charge is -2.07. The van der Waals surface area contributed by atoms with Crippen LogP contribution in [0.4, 0.5) is 24.8 Å². The SMILES string of the molecule is NC(=NCC(F)(F)F)Nc1ccnc(CCCCC(=O)Nc2cccnn2)n1.O=C(O)/C=C\C(=O)O. The number of unbranched alkanes of at least 4 members (excludes halogenated alkanes) is 1. The summed E-state index contributed by atoms with van der Waals surface area (Å²) in [6.07, 6.45) is 1.69. The number of hydrogen-bond acceptors (Lipinski definition) is 8. The van der Waals surface area contributed by atoms with Gasteiger partial charge in [-0.2, -0.15) is 18.3 Å². The van der Waals surface area contributed by atoms with Crippen molar-refractivity contribution in [1.82, 2.24) is 20.2 Å². The average Bonchev–Trinajstić information content (AvgIpc) is 2.80. The van der Waals surface area contributed by atoms with E-state index in [1.807, 2.05) is 0 Å². The summed E-state index contributed by atoms with van der Waals surface area (Å²) in [5.41, 5.74) is 5.41. The molecule has 0 aliphatic rings. The Morgan fingerprint density at radius 1 is 1.03 bits per heavy atom. The van der Waals surface area contributed by atoms with Gasteiger partial charge >= 0.3 is 18.1 Å². The zero-order valence-electron chi connectivity index (χ0n) is 18.6. The Morgan fingerprint density at radius 3 is 2.31 bits per heavy atom. The zero-order chi connectivity index (χ0) is 27.0. The van der Waals surface area contributed by atoms with E-state index < -0.39 is 24.7 Å². The molecule has 0 aromatic carbocycles. The van der Waals surface area contributed by atoms with E-state index in [4.69, 9.17) is 15.9 Å². The van der Waals surface area contributed by atoms with Crippen molar-refractivity contribution in [3.63, 3.8) is 0 Å². The van der Waals surface area contributed by atoms with E-state index in [0.29, 0.717) is 49.5 Å². The van der Waals surface area contributed by atoms with Gasteiger partial charge in [0.25, 0.3) is 0 Å². The van der Waals surface area contributed by atoms with Gasteiger partial charge in [0.1, 0.15) is 18.2 Å². The maximum atomic E-state index is 12.1. The number of nitrogens with one attached hydrogen (secondary N) is 2. The Balaban J connectivity index is 0.000000697. The predicted molar refractivity (Wildman–Crippen MR) is 121 cm³/mol. The molecule has 0 aliphatic carbocycles. The highest BCUT2D eigenvalue weighted by atomic mass is 19.4. The number of aliphatic carboxylic acids is 2. The number of carbonyl (C=O) groups is 3. The molecular formula is C20H23F3N8O5. The average molecular weight is 512 g/mol. The summed E-state index contributed by atoms with van der Waals surface area (Å²) in [5, 5.41) is 28.2. The number of aromatic nitrogens is 4. The standard InChI is InChI=1S/C16H19F3N8O.C4H4O4/c17-16(18,19)10-22-15(20)26-12-7-9-21-11(24-12)4-1-2-6-14(28)25-13-5-3-8-23-27-13;5-3(6)1-2-4(7)8/h3,5,7-9H,1-2,4,6,10H2,(H,25,27,28)(H3,20,21,22,24,26);1-2H,(H,5,6)(H,7,8)/b;2-1-. The first-order chi connectivity index (χ1) is 16.9. The van der Waals surface area contributed by atoms with E-state index in [1.54, 1.807) is 12.1 Å². The maximum Gasteiger partial charge on any atom is 0.408 e. The van der Waals surface area contributed by atoms with E-state index in [2.05, 4.69) is 35.8 Å². The van der Waals surface area contributed by atoms with Gasteiger partial charge < -0.3 is 26.6 Å². The van der Waals surface area contributed by atoms with Crippen LogP contribution in [0.3, 0.4) is 0 Å². The van der Waals surface area contributed by atoms with E-state index in [0.717, 1.165) is 0 Å². The summed E-state index contributed by atoms with van der Waals surface area (Å²) in [4.78, 5) is 42.3. The summed E-state index contributed by atoms with van der Waals surface area (Å²) in [7, 11) is 0. The molecule has 6 N–H and O–H groups in total.